The number of carboxylic acid groups (broad SMARTS) is 1. The minimum Gasteiger partial charge on any atom is -0.497 e. The van der Waals surface area contributed by atoms with Crippen molar-refractivity contribution in [2.24, 2.45) is 5.92 Å². The molecule has 6 nitrogen and oxygen atoms in total. The van der Waals surface area contributed by atoms with E-state index in [1.807, 2.05) is 31.2 Å². The highest BCUT2D eigenvalue weighted by Gasteiger charge is 2.28. The van der Waals surface area contributed by atoms with Crippen molar-refractivity contribution in [3.05, 3.63) is 29.8 Å². The highest BCUT2D eigenvalue weighted by Crippen LogP contribution is 2.20. The number of hydrogen-bond acceptors (Lipinski definition) is 3. The Morgan fingerprint density at radius 1 is 1.36 bits per heavy atom. The number of amides is 2. The molecule has 120 valence electrons. The number of ether oxygens (including phenoxy) is 1. The average Bonchev–Trinajstić information content (AvgIpc) is 2.54. The second-order valence-corrected chi connectivity index (χ2v) is 5.57. The molecule has 0 aliphatic carbocycles. The number of likely N-dealkylation sites (tertiary alicyclic amines) is 1. The van der Waals surface area contributed by atoms with E-state index in [2.05, 4.69) is 5.32 Å². The number of aliphatic carboxylic acids is 1. The first-order valence-electron chi connectivity index (χ1n) is 7.43. The summed E-state index contributed by atoms with van der Waals surface area (Å²) < 4.78 is 5.11. The molecule has 6 heteroatoms. The van der Waals surface area contributed by atoms with Crippen LogP contribution in [0.4, 0.5) is 4.79 Å². The topological polar surface area (TPSA) is 78.9 Å². The Hall–Kier alpha value is -2.24. The molecule has 1 saturated heterocycles. The smallest absolute Gasteiger partial charge is 0.317 e. The summed E-state index contributed by atoms with van der Waals surface area (Å²) in [5, 5.41) is 12.0. The molecule has 1 aliphatic rings. The lowest BCUT2D eigenvalue weighted by molar-refractivity contribution is -0.143. The zero-order chi connectivity index (χ0) is 16.1. The molecule has 1 aromatic rings. The summed E-state index contributed by atoms with van der Waals surface area (Å²) >= 11 is 0. The average molecular weight is 306 g/mol. The van der Waals surface area contributed by atoms with E-state index < -0.39 is 11.9 Å². The van der Waals surface area contributed by atoms with Gasteiger partial charge in [0.05, 0.1) is 19.1 Å². The van der Waals surface area contributed by atoms with Gasteiger partial charge in [0.25, 0.3) is 0 Å². The van der Waals surface area contributed by atoms with Crippen molar-refractivity contribution in [1.29, 1.82) is 0 Å². The molecular weight excluding hydrogens is 284 g/mol. The molecule has 2 atom stereocenters. The molecule has 1 aliphatic heterocycles. The summed E-state index contributed by atoms with van der Waals surface area (Å²) in [6, 6.07) is 7.14. The van der Waals surface area contributed by atoms with Crippen LogP contribution in [0.5, 0.6) is 5.75 Å². The van der Waals surface area contributed by atoms with Gasteiger partial charge in [0.1, 0.15) is 5.75 Å². The number of urea groups is 1. The lowest BCUT2D eigenvalue weighted by atomic mass is 9.98. The minimum atomic E-state index is -0.833. The quantitative estimate of drug-likeness (QED) is 0.894. The Morgan fingerprint density at radius 2 is 2.05 bits per heavy atom. The Morgan fingerprint density at radius 3 is 2.64 bits per heavy atom. The summed E-state index contributed by atoms with van der Waals surface area (Å²) in [5.74, 6) is -0.529. The number of nitrogens with zero attached hydrogens (tertiary/aromatic N) is 1. The molecule has 2 N–H and O–H groups in total. The van der Waals surface area contributed by atoms with Gasteiger partial charge in [0.15, 0.2) is 0 Å². The van der Waals surface area contributed by atoms with Crippen molar-refractivity contribution in [1.82, 2.24) is 10.2 Å². The molecule has 0 radical (unpaired) electrons. The maximum Gasteiger partial charge on any atom is 0.317 e. The lowest BCUT2D eigenvalue weighted by Gasteiger charge is -2.31. The van der Waals surface area contributed by atoms with Gasteiger partial charge in [0, 0.05) is 13.1 Å². The highest BCUT2D eigenvalue weighted by molar-refractivity contribution is 5.77. The number of nitrogens with one attached hydrogen (secondary N) is 1. The number of carbonyl (C=O) groups is 2. The Balaban J connectivity index is 1.93. The number of methoxy groups -OCH3 is 1. The van der Waals surface area contributed by atoms with Crippen LogP contribution in [0, 0.1) is 5.92 Å². The van der Waals surface area contributed by atoms with Crippen LogP contribution >= 0.6 is 0 Å². The summed E-state index contributed by atoms with van der Waals surface area (Å²) in [4.78, 5) is 24.9. The van der Waals surface area contributed by atoms with E-state index >= 15 is 0 Å². The molecule has 0 spiro atoms. The first-order valence-corrected chi connectivity index (χ1v) is 7.43. The standard InChI is InChI=1S/C16H22N2O4/c1-11(12-5-7-14(22-2)8-6-12)17-16(21)18-9-3-4-13(10-18)15(19)20/h5-8,11,13H,3-4,9-10H2,1-2H3,(H,17,21)(H,19,20). The number of piperidine rings is 1. The van der Waals surface area contributed by atoms with Gasteiger partial charge in [-0.1, -0.05) is 12.1 Å². The van der Waals surface area contributed by atoms with Crippen LogP contribution in [0.15, 0.2) is 24.3 Å². The molecule has 1 heterocycles. The van der Waals surface area contributed by atoms with Crippen molar-refractivity contribution in [3.63, 3.8) is 0 Å². The fraction of sp³-hybridized carbons (Fsp3) is 0.500. The number of hydrogen-bond donors (Lipinski definition) is 2. The second-order valence-electron chi connectivity index (χ2n) is 5.57. The van der Waals surface area contributed by atoms with Crippen LogP contribution < -0.4 is 10.1 Å². The summed E-state index contributed by atoms with van der Waals surface area (Å²) in [6.07, 6.45) is 1.36. The molecule has 0 bridgehead atoms. The number of benzene rings is 1. The van der Waals surface area contributed by atoms with E-state index in [4.69, 9.17) is 9.84 Å². The lowest BCUT2D eigenvalue weighted by Crippen LogP contribution is -2.47. The molecule has 1 fully saturated rings. The van der Waals surface area contributed by atoms with Gasteiger partial charge in [-0.3, -0.25) is 4.79 Å². The highest BCUT2D eigenvalue weighted by atomic mass is 16.5. The molecular formula is C16H22N2O4. The second kappa shape index (κ2) is 7.15. The molecule has 22 heavy (non-hydrogen) atoms. The maximum absolute atomic E-state index is 12.3. The van der Waals surface area contributed by atoms with Crippen LogP contribution in [0.1, 0.15) is 31.4 Å². The Labute approximate surface area is 130 Å². The van der Waals surface area contributed by atoms with E-state index in [0.29, 0.717) is 13.0 Å². The van der Waals surface area contributed by atoms with Crippen molar-refractivity contribution in [3.8, 4) is 5.75 Å². The van der Waals surface area contributed by atoms with Gasteiger partial charge in [0.2, 0.25) is 0 Å². The third-order valence-electron chi connectivity index (χ3n) is 4.01. The van der Waals surface area contributed by atoms with Crippen molar-refractivity contribution >= 4 is 12.0 Å². The molecule has 2 rings (SSSR count). The summed E-state index contributed by atoms with van der Waals surface area (Å²) in [7, 11) is 1.61. The number of carbonyl (C=O) groups excluding carboxylic acids is 1. The largest absolute Gasteiger partial charge is 0.497 e. The zero-order valence-electron chi connectivity index (χ0n) is 12.9. The van der Waals surface area contributed by atoms with Gasteiger partial charge < -0.3 is 20.1 Å². The summed E-state index contributed by atoms with van der Waals surface area (Å²) in [5.41, 5.74) is 0.973. The summed E-state index contributed by atoms with van der Waals surface area (Å²) in [6.45, 7) is 2.78. The molecule has 0 saturated carbocycles. The van der Waals surface area contributed by atoms with Crippen molar-refractivity contribution < 1.29 is 19.4 Å². The normalized spacial score (nSPS) is 19.4. The first-order chi connectivity index (χ1) is 10.5. The van der Waals surface area contributed by atoms with Crippen molar-refractivity contribution in [2.45, 2.75) is 25.8 Å². The van der Waals surface area contributed by atoms with Gasteiger partial charge in [-0.05, 0) is 37.5 Å². The molecule has 2 amide bonds. The molecule has 1 aromatic carbocycles. The zero-order valence-corrected chi connectivity index (χ0v) is 12.9. The van der Waals surface area contributed by atoms with E-state index in [1.165, 1.54) is 0 Å². The van der Waals surface area contributed by atoms with E-state index in [-0.39, 0.29) is 18.6 Å². The Kier molecular flexibility index (Phi) is 5.25. The molecule has 2 unspecified atom stereocenters. The van der Waals surface area contributed by atoms with Crippen LogP contribution in [-0.2, 0) is 4.79 Å². The predicted octanol–water partition coefficient (Wildman–Crippen LogP) is 2.26. The fourth-order valence-corrected chi connectivity index (χ4v) is 2.62. The van der Waals surface area contributed by atoms with Gasteiger partial charge in [-0.2, -0.15) is 0 Å². The van der Waals surface area contributed by atoms with Crippen molar-refractivity contribution in [2.75, 3.05) is 20.2 Å². The minimum absolute atomic E-state index is 0.149. The van der Waals surface area contributed by atoms with E-state index in [1.54, 1.807) is 12.0 Å². The third kappa shape index (κ3) is 3.90. The van der Waals surface area contributed by atoms with Crippen LogP contribution in [0.2, 0.25) is 0 Å². The first kappa shape index (κ1) is 16.1. The number of rotatable bonds is 4. The van der Waals surface area contributed by atoms with Gasteiger partial charge in [-0.15, -0.1) is 0 Å². The SMILES string of the molecule is COc1ccc(C(C)NC(=O)N2CCCC(C(=O)O)C2)cc1. The molecule has 0 aromatic heterocycles. The van der Waals surface area contributed by atoms with E-state index in [0.717, 1.165) is 17.7 Å². The predicted molar refractivity (Wildman–Crippen MR) is 81.9 cm³/mol. The fourth-order valence-electron chi connectivity index (χ4n) is 2.62. The maximum atomic E-state index is 12.3. The third-order valence-corrected chi connectivity index (χ3v) is 4.01. The van der Waals surface area contributed by atoms with Crippen LogP contribution in [0.3, 0.4) is 0 Å². The van der Waals surface area contributed by atoms with Gasteiger partial charge in [-0.25, -0.2) is 4.79 Å². The Bertz CT molecular complexity index is 529. The van der Waals surface area contributed by atoms with Crippen LogP contribution in [0.25, 0.3) is 0 Å². The number of carboxylic acids is 1. The van der Waals surface area contributed by atoms with Crippen LogP contribution in [-0.4, -0.2) is 42.2 Å². The van der Waals surface area contributed by atoms with Gasteiger partial charge >= 0.3 is 12.0 Å². The monoisotopic (exact) mass is 306 g/mol. The van der Waals surface area contributed by atoms with E-state index in [9.17, 15) is 9.59 Å².